The van der Waals surface area contributed by atoms with Crippen molar-refractivity contribution in [3.63, 3.8) is 0 Å². The maximum absolute atomic E-state index is 12.6. The quantitative estimate of drug-likeness (QED) is 0.430. The third-order valence-corrected chi connectivity index (χ3v) is 6.17. The van der Waals surface area contributed by atoms with Gasteiger partial charge in [-0.05, 0) is 30.9 Å². The molecule has 1 aromatic carbocycles. The van der Waals surface area contributed by atoms with E-state index in [4.69, 9.17) is 11.6 Å². The molecule has 30 heavy (non-hydrogen) atoms. The number of hydrazine groups is 2. The Kier molecular flexibility index (Phi) is 4.44. The van der Waals surface area contributed by atoms with Crippen molar-refractivity contribution in [3.8, 4) is 11.1 Å². The molecular weight excluding hydrogens is 408 g/mol. The molecule has 0 spiro atoms. The number of pyridine rings is 1. The van der Waals surface area contributed by atoms with Crippen molar-refractivity contribution in [1.29, 1.82) is 0 Å². The van der Waals surface area contributed by atoms with Gasteiger partial charge in [0, 0.05) is 30.8 Å². The van der Waals surface area contributed by atoms with E-state index in [1.54, 1.807) is 12.1 Å². The minimum atomic E-state index is -0.403. The maximum atomic E-state index is 12.6. The Bertz CT molecular complexity index is 1060. The number of halogens is 1. The average molecular weight is 429 g/mol. The summed E-state index contributed by atoms with van der Waals surface area (Å²) in [4.78, 5) is 26.1. The number of rotatable bonds is 5. The van der Waals surface area contributed by atoms with Crippen molar-refractivity contribution in [3.05, 3.63) is 46.4 Å². The Hall–Kier alpha value is -3.04. The van der Waals surface area contributed by atoms with Crippen LogP contribution in [0.1, 0.15) is 18.5 Å². The SMILES string of the molecule is CN1C(=O)CN(Cc2ccc(-c3ccc4c(c3Cl)NNN4CC3CC3)c[n+]2[O-])C1=O. The molecule has 2 N–H and O–H groups in total. The lowest BCUT2D eigenvalue weighted by Gasteiger charge is -2.17. The number of anilines is 2. The summed E-state index contributed by atoms with van der Waals surface area (Å²) in [5.74, 6) is 0.434. The van der Waals surface area contributed by atoms with Crippen molar-refractivity contribution in [1.82, 2.24) is 15.3 Å². The molecule has 2 aliphatic heterocycles. The van der Waals surface area contributed by atoms with Gasteiger partial charge in [-0.3, -0.25) is 14.7 Å². The van der Waals surface area contributed by atoms with E-state index in [1.807, 2.05) is 12.1 Å². The second kappa shape index (κ2) is 7.03. The number of likely N-dealkylation sites (N-methyl/N-ethyl adjacent to an activating group) is 1. The van der Waals surface area contributed by atoms with E-state index in [2.05, 4.69) is 16.0 Å². The summed E-state index contributed by atoms with van der Waals surface area (Å²) in [6, 6.07) is 6.95. The van der Waals surface area contributed by atoms with Gasteiger partial charge in [0.15, 0.2) is 6.20 Å². The summed E-state index contributed by atoms with van der Waals surface area (Å²) >= 11 is 6.65. The van der Waals surface area contributed by atoms with Gasteiger partial charge in [-0.1, -0.05) is 17.7 Å². The van der Waals surface area contributed by atoms with E-state index in [-0.39, 0.29) is 19.0 Å². The van der Waals surface area contributed by atoms with Crippen molar-refractivity contribution in [2.24, 2.45) is 5.92 Å². The van der Waals surface area contributed by atoms with Gasteiger partial charge in [0.2, 0.25) is 11.6 Å². The molecule has 1 aromatic heterocycles. The highest BCUT2D eigenvalue weighted by Crippen LogP contribution is 2.43. The largest absolute Gasteiger partial charge is 0.618 e. The van der Waals surface area contributed by atoms with Gasteiger partial charge >= 0.3 is 6.03 Å². The monoisotopic (exact) mass is 428 g/mol. The normalized spacial score (nSPS) is 18.3. The summed E-state index contributed by atoms with van der Waals surface area (Å²) in [5.41, 5.74) is 9.84. The number of aromatic nitrogens is 1. The van der Waals surface area contributed by atoms with E-state index < -0.39 is 6.03 Å². The number of nitrogens with zero attached hydrogens (tertiary/aromatic N) is 4. The fraction of sp³-hybridized carbons (Fsp3) is 0.350. The number of imide groups is 1. The molecule has 1 saturated heterocycles. The van der Waals surface area contributed by atoms with Gasteiger partial charge < -0.3 is 15.5 Å². The molecule has 3 amide bonds. The van der Waals surface area contributed by atoms with Crippen LogP contribution in [0.25, 0.3) is 11.1 Å². The van der Waals surface area contributed by atoms with Gasteiger partial charge in [0.05, 0.1) is 16.4 Å². The molecule has 5 rings (SSSR count). The summed E-state index contributed by atoms with van der Waals surface area (Å²) < 4.78 is 0.722. The molecule has 0 atom stereocenters. The zero-order chi connectivity index (χ0) is 21.0. The summed E-state index contributed by atoms with van der Waals surface area (Å²) in [5, 5.41) is 15.2. The van der Waals surface area contributed by atoms with Crippen molar-refractivity contribution >= 4 is 34.9 Å². The van der Waals surface area contributed by atoms with Crippen molar-refractivity contribution < 1.29 is 14.3 Å². The third kappa shape index (κ3) is 3.20. The Morgan fingerprint density at radius 2 is 2.03 bits per heavy atom. The van der Waals surface area contributed by atoms with Crippen LogP contribution >= 0.6 is 11.6 Å². The molecule has 2 fully saturated rings. The third-order valence-electron chi connectivity index (χ3n) is 5.78. The minimum Gasteiger partial charge on any atom is -0.618 e. The molecule has 0 radical (unpaired) electrons. The molecule has 1 saturated carbocycles. The van der Waals surface area contributed by atoms with Crippen LogP contribution < -0.4 is 20.7 Å². The number of fused-ring (bicyclic) bond motifs is 1. The van der Waals surface area contributed by atoms with Crippen LogP contribution in [-0.4, -0.2) is 41.9 Å². The molecule has 1 aliphatic carbocycles. The van der Waals surface area contributed by atoms with Crippen molar-refractivity contribution in [2.45, 2.75) is 19.4 Å². The van der Waals surface area contributed by atoms with Crippen LogP contribution in [0.4, 0.5) is 16.2 Å². The first-order valence-corrected chi connectivity index (χ1v) is 10.2. The van der Waals surface area contributed by atoms with Crippen LogP contribution in [0.15, 0.2) is 30.5 Å². The molecular formula is C20H21ClN6O3. The van der Waals surface area contributed by atoms with Crippen LogP contribution in [0.3, 0.4) is 0 Å². The molecule has 156 valence electrons. The lowest BCUT2D eigenvalue weighted by Crippen LogP contribution is -2.37. The lowest BCUT2D eigenvalue weighted by atomic mass is 10.1. The van der Waals surface area contributed by atoms with E-state index in [0.29, 0.717) is 22.2 Å². The molecule has 2 aromatic rings. The smallest absolute Gasteiger partial charge is 0.327 e. The Morgan fingerprint density at radius 1 is 1.23 bits per heavy atom. The lowest BCUT2D eigenvalue weighted by molar-refractivity contribution is -0.614. The zero-order valence-electron chi connectivity index (χ0n) is 16.4. The van der Waals surface area contributed by atoms with Crippen LogP contribution in [0, 0.1) is 11.1 Å². The molecule has 3 heterocycles. The summed E-state index contributed by atoms with van der Waals surface area (Å²) in [6.07, 6.45) is 3.95. The zero-order valence-corrected chi connectivity index (χ0v) is 17.1. The predicted octanol–water partition coefficient (Wildman–Crippen LogP) is 2.10. The van der Waals surface area contributed by atoms with Crippen molar-refractivity contribution in [2.75, 3.05) is 30.6 Å². The van der Waals surface area contributed by atoms with E-state index in [9.17, 15) is 14.8 Å². The van der Waals surface area contributed by atoms with Gasteiger partial charge in [0.25, 0.3) is 0 Å². The first-order chi connectivity index (χ1) is 14.4. The summed E-state index contributed by atoms with van der Waals surface area (Å²) in [6.45, 7) is 0.972. The topological polar surface area (TPSA) is 94.9 Å². The maximum Gasteiger partial charge on any atom is 0.327 e. The predicted molar refractivity (Wildman–Crippen MR) is 111 cm³/mol. The average Bonchev–Trinajstić information content (AvgIpc) is 3.40. The standard InChI is InChI=1S/C20H21ClN6O3/c1-24-17(28)11-25(20(24)29)10-14-5-4-13(9-27(14)30)15-6-7-16-19(18(15)21)22-23-26(16)8-12-2-3-12/h4-7,9,12,22-23H,2-3,8,10-11H2,1H3. The number of benzene rings is 1. The number of urea groups is 1. The van der Waals surface area contributed by atoms with Gasteiger partial charge in [-0.2, -0.15) is 4.73 Å². The molecule has 10 heteroatoms. The van der Waals surface area contributed by atoms with Crippen LogP contribution in [0.2, 0.25) is 5.02 Å². The molecule has 0 unspecified atom stereocenters. The second-order valence-electron chi connectivity index (χ2n) is 7.94. The molecule has 9 nitrogen and oxygen atoms in total. The number of hydrogen-bond donors (Lipinski definition) is 2. The fourth-order valence-electron chi connectivity index (χ4n) is 3.79. The van der Waals surface area contributed by atoms with Gasteiger partial charge in [-0.25, -0.2) is 4.79 Å². The highest BCUT2D eigenvalue weighted by molar-refractivity contribution is 6.36. The first-order valence-electron chi connectivity index (χ1n) is 9.82. The molecule has 0 bridgehead atoms. The van der Waals surface area contributed by atoms with E-state index in [1.165, 1.54) is 31.0 Å². The molecule has 3 aliphatic rings. The number of carbonyl (C=O) groups is 2. The summed E-state index contributed by atoms with van der Waals surface area (Å²) in [7, 11) is 1.43. The first kappa shape index (κ1) is 19.0. The second-order valence-corrected chi connectivity index (χ2v) is 8.32. The van der Waals surface area contributed by atoms with Crippen LogP contribution in [-0.2, 0) is 11.3 Å². The fourth-order valence-corrected chi connectivity index (χ4v) is 4.10. The number of amides is 3. The highest BCUT2D eigenvalue weighted by Gasteiger charge is 2.34. The Balaban J connectivity index is 1.38. The number of carbonyl (C=O) groups excluding carboxylic acids is 2. The van der Waals surface area contributed by atoms with Crippen LogP contribution in [0.5, 0.6) is 0 Å². The van der Waals surface area contributed by atoms with E-state index >= 15 is 0 Å². The highest BCUT2D eigenvalue weighted by atomic mass is 35.5. The number of nitrogens with one attached hydrogen (secondary N) is 2. The van der Waals surface area contributed by atoms with Gasteiger partial charge in [0.1, 0.15) is 13.1 Å². The van der Waals surface area contributed by atoms with Gasteiger partial charge in [-0.15, -0.1) is 5.53 Å². The minimum absolute atomic E-state index is 0.0240. The number of hydrogen-bond acceptors (Lipinski definition) is 6. The Labute approximate surface area is 178 Å². The van der Waals surface area contributed by atoms with E-state index in [0.717, 1.165) is 33.1 Å². The Morgan fingerprint density at radius 3 is 2.70 bits per heavy atom.